The Hall–Kier alpha value is -2.21. The van der Waals surface area contributed by atoms with Crippen LogP contribution in [0.1, 0.15) is 11.3 Å². The van der Waals surface area contributed by atoms with Crippen LogP contribution in [-0.2, 0) is 11.2 Å². The highest BCUT2D eigenvalue weighted by molar-refractivity contribution is 14.1. The second-order valence-corrected chi connectivity index (χ2v) is 6.86. The van der Waals surface area contributed by atoms with E-state index in [2.05, 4.69) is 32.9 Å². The van der Waals surface area contributed by atoms with E-state index in [9.17, 15) is 4.79 Å². The predicted octanol–water partition coefficient (Wildman–Crippen LogP) is 4.84. The molecule has 24 heavy (non-hydrogen) atoms. The van der Waals surface area contributed by atoms with Crippen molar-refractivity contribution in [3.8, 4) is 11.1 Å². The number of anilines is 1. The molecule has 1 N–H and O–H groups in total. The number of halogens is 1. The van der Waals surface area contributed by atoms with Crippen LogP contribution < -0.4 is 5.32 Å². The topological polar surface area (TPSA) is 42.0 Å². The zero-order valence-electron chi connectivity index (χ0n) is 13.3. The molecule has 0 aliphatic carbocycles. The Morgan fingerprint density at radius 3 is 2.54 bits per heavy atom. The van der Waals surface area contributed by atoms with Gasteiger partial charge in [-0.25, -0.2) is 0 Å². The Morgan fingerprint density at radius 1 is 1.04 bits per heavy atom. The number of benzene rings is 2. The minimum Gasteiger partial charge on any atom is -0.326 e. The minimum atomic E-state index is -0.00972. The molecule has 0 unspecified atom stereocenters. The number of carbonyl (C=O) groups is 1. The summed E-state index contributed by atoms with van der Waals surface area (Å²) < 4.78 is 1.13. The summed E-state index contributed by atoms with van der Waals surface area (Å²) in [6.45, 7) is 1.98. The summed E-state index contributed by atoms with van der Waals surface area (Å²) in [6.07, 6.45) is 2.18. The number of rotatable bonds is 4. The van der Waals surface area contributed by atoms with Crippen molar-refractivity contribution in [3.63, 3.8) is 0 Å². The third-order valence-electron chi connectivity index (χ3n) is 3.65. The van der Waals surface area contributed by atoms with E-state index in [-0.39, 0.29) is 5.91 Å². The molecule has 0 spiro atoms. The van der Waals surface area contributed by atoms with Crippen LogP contribution in [0.15, 0.2) is 66.9 Å². The van der Waals surface area contributed by atoms with E-state index in [4.69, 9.17) is 0 Å². The molecule has 4 heteroatoms. The first-order valence-corrected chi connectivity index (χ1v) is 8.75. The van der Waals surface area contributed by atoms with Crippen LogP contribution in [0.3, 0.4) is 0 Å². The normalized spacial score (nSPS) is 10.4. The second kappa shape index (κ2) is 7.57. The molecular formula is C20H17IN2O. The summed E-state index contributed by atoms with van der Waals surface area (Å²) in [4.78, 5) is 16.4. The molecule has 0 fully saturated rings. The summed E-state index contributed by atoms with van der Waals surface area (Å²) in [5.74, 6) is -0.00972. The van der Waals surface area contributed by atoms with Gasteiger partial charge in [-0.15, -0.1) is 0 Å². The van der Waals surface area contributed by atoms with Crippen LogP contribution in [0.5, 0.6) is 0 Å². The fraction of sp³-hybridized carbons (Fsp3) is 0.100. The van der Waals surface area contributed by atoms with Gasteiger partial charge in [-0.2, -0.15) is 0 Å². The standard InChI is InChI=1S/C20H17IN2O/c1-14-11-17(9-10-22-14)16-5-7-19(8-6-16)23-20(24)13-15-3-2-4-18(21)12-15/h2-12H,13H2,1H3,(H,23,24). The van der Waals surface area contributed by atoms with Crippen LogP contribution in [0.2, 0.25) is 0 Å². The highest BCUT2D eigenvalue weighted by Crippen LogP contribution is 2.21. The molecular weight excluding hydrogens is 411 g/mol. The molecule has 0 aliphatic rings. The van der Waals surface area contributed by atoms with Gasteiger partial charge in [-0.1, -0.05) is 24.3 Å². The Bertz CT molecular complexity index is 860. The van der Waals surface area contributed by atoms with Crippen LogP contribution in [0, 0.1) is 10.5 Å². The van der Waals surface area contributed by atoms with Gasteiger partial charge in [0.05, 0.1) is 6.42 Å². The van der Waals surface area contributed by atoms with Gasteiger partial charge in [-0.05, 0) is 82.6 Å². The lowest BCUT2D eigenvalue weighted by atomic mass is 10.1. The Morgan fingerprint density at radius 2 is 1.83 bits per heavy atom. The van der Waals surface area contributed by atoms with Gasteiger partial charge >= 0.3 is 0 Å². The van der Waals surface area contributed by atoms with Gasteiger partial charge in [0, 0.05) is 21.1 Å². The molecule has 120 valence electrons. The number of hydrogen-bond donors (Lipinski definition) is 1. The summed E-state index contributed by atoms with van der Waals surface area (Å²) in [6, 6.07) is 19.9. The largest absolute Gasteiger partial charge is 0.326 e. The first kappa shape index (κ1) is 16.6. The number of hydrogen-bond acceptors (Lipinski definition) is 2. The number of nitrogens with one attached hydrogen (secondary N) is 1. The molecule has 2 aromatic carbocycles. The summed E-state index contributed by atoms with van der Waals surface area (Å²) in [5.41, 5.74) is 5.04. The zero-order chi connectivity index (χ0) is 16.9. The Labute approximate surface area is 155 Å². The Balaban J connectivity index is 1.66. The van der Waals surface area contributed by atoms with Crippen molar-refractivity contribution in [1.29, 1.82) is 0 Å². The molecule has 0 radical (unpaired) electrons. The van der Waals surface area contributed by atoms with E-state index >= 15 is 0 Å². The maximum atomic E-state index is 12.2. The highest BCUT2D eigenvalue weighted by atomic mass is 127. The average Bonchev–Trinajstić information content (AvgIpc) is 2.55. The third kappa shape index (κ3) is 4.41. The van der Waals surface area contributed by atoms with E-state index in [0.717, 1.165) is 31.6 Å². The minimum absolute atomic E-state index is 0.00972. The summed E-state index contributed by atoms with van der Waals surface area (Å²) in [7, 11) is 0. The predicted molar refractivity (Wildman–Crippen MR) is 106 cm³/mol. The lowest BCUT2D eigenvalue weighted by Gasteiger charge is -2.07. The lowest BCUT2D eigenvalue weighted by Crippen LogP contribution is -2.14. The Kier molecular flexibility index (Phi) is 5.25. The molecule has 1 amide bonds. The number of nitrogens with zero attached hydrogens (tertiary/aromatic N) is 1. The molecule has 0 saturated heterocycles. The van der Waals surface area contributed by atoms with Crippen LogP contribution in [0.4, 0.5) is 5.69 Å². The van der Waals surface area contributed by atoms with Crippen LogP contribution >= 0.6 is 22.6 Å². The van der Waals surface area contributed by atoms with Gasteiger partial charge in [0.25, 0.3) is 0 Å². The van der Waals surface area contributed by atoms with Crippen molar-refractivity contribution in [1.82, 2.24) is 4.98 Å². The van der Waals surface area contributed by atoms with E-state index in [1.54, 1.807) is 0 Å². The number of aromatic nitrogens is 1. The van der Waals surface area contributed by atoms with Gasteiger partial charge in [-0.3, -0.25) is 9.78 Å². The first-order chi connectivity index (χ1) is 11.6. The summed E-state index contributed by atoms with van der Waals surface area (Å²) >= 11 is 2.25. The SMILES string of the molecule is Cc1cc(-c2ccc(NC(=O)Cc3cccc(I)c3)cc2)ccn1. The van der Waals surface area contributed by atoms with Crippen molar-refractivity contribution in [2.24, 2.45) is 0 Å². The third-order valence-corrected chi connectivity index (χ3v) is 4.32. The van der Waals surface area contributed by atoms with Crippen molar-refractivity contribution in [2.45, 2.75) is 13.3 Å². The van der Waals surface area contributed by atoms with Crippen LogP contribution in [-0.4, -0.2) is 10.9 Å². The van der Waals surface area contributed by atoms with Crippen LogP contribution in [0.25, 0.3) is 11.1 Å². The van der Waals surface area contributed by atoms with Gasteiger partial charge < -0.3 is 5.32 Å². The molecule has 3 aromatic rings. The van der Waals surface area contributed by atoms with E-state index in [1.165, 1.54) is 0 Å². The number of aryl methyl sites for hydroxylation is 1. The first-order valence-electron chi connectivity index (χ1n) is 7.67. The zero-order valence-corrected chi connectivity index (χ0v) is 15.4. The molecule has 3 nitrogen and oxygen atoms in total. The number of amides is 1. The lowest BCUT2D eigenvalue weighted by molar-refractivity contribution is -0.115. The van der Waals surface area contributed by atoms with E-state index in [0.29, 0.717) is 6.42 Å². The van der Waals surface area contributed by atoms with E-state index < -0.39 is 0 Å². The van der Waals surface area contributed by atoms with Gasteiger partial charge in [0.1, 0.15) is 0 Å². The monoisotopic (exact) mass is 428 g/mol. The molecule has 0 atom stereocenters. The van der Waals surface area contributed by atoms with Gasteiger partial charge in [0.15, 0.2) is 0 Å². The molecule has 0 bridgehead atoms. The molecule has 1 aromatic heterocycles. The molecule has 3 rings (SSSR count). The molecule has 0 saturated carbocycles. The van der Waals surface area contributed by atoms with Crippen molar-refractivity contribution in [3.05, 3.63) is 81.7 Å². The van der Waals surface area contributed by atoms with Crippen molar-refractivity contribution in [2.75, 3.05) is 5.32 Å². The van der Waals surface area contributed by atoms with Crippen molar-refractivity contribution < 1.29 is 4.79 Å². The summed E-state index contributed by atoms with van der Waals surface area (Å²) in [5, 5.41) is 2.95. The quantitative estimate of drug-likeness (QED) is 0.605. The van der Waals surface area contributed by atoms with E-state index in [1.807, 2.05) is 73.8 Å². The van der Waals surface area contributed by atoms with Gasteiger partial charge in [0.2, 0.25) is 5.91 Å². The van der Waals surface area contributed by atoms with Crippen molar-refractivity contribution >= 4 is 34.2 Å². The number of pyridine rings is 1. The molecule has 0 aliphatic heterocycles. The average molecular weight is 428 g/mol. The number of carbonyl (C=O) groups excluding carboxylic acids is 1. The smallest absolute Gasteiger partial charge is 0.228 e. The second-order valence-electron chi connectivity index (χ2n) is 5.62. The fourth-order valence-electron chi connectivity index (χ4n) is 2.51. The fourth-order valence-corrected chi connectivity index (χ4v) is 3.12. The molecule has 1 heterocycles. The maximum Gasteiger partial charge on any atom is 0.228 e. The highest BCUT2D eigenvalue weighted by Gasteiger charge is 2.05. The maximum absolute atomic E-state index is 12.2.